The van der Waals surface area contributed by atoms with Gasteiger partial charge in [-0.25, -0.2) is 10.2 Å². The zero-order valence-electron chi connectivity index (χ0n) is 12.4. The van der Waals surface area contributed by atoms with E-state index in [1.54, 1.807) is 0 Å². The Hall–Kier alpha value is -1.55. The third kappa shape index (κ3) is 5.75. The molecule has 1 unspecified atom stereocenters. The fourth-order valence-corrected chi connectivity index (χ4v) is 1.67. The van der Waals surface area contributed by atoms with Crippen molar-refractivity contribution in [2.45, 2.75) is 52.7 Å². The molecule has 1 atom stereocenters. The van der Waals surface area contributed by atoms with Crippen molar-refractivity contribution in [3.63, 3.8) is 0 Å². The molecule has 0 radical (unpaired) electrons. The molecule has 1 amide bonds. The minimum atomic E-state index is -0.489. The van der Waals surface area contributed by atoms with Crippen molar-refractivity contribution in [1.29, 1.82) is 0 Å². The van der Waals surface area contributed by atoms with Gasteiger partial charge in [0.1, 0.15) is 5.60 Å². The van der Waals surface area contributed by atoms with E-state index >= 15 is 0 Å². The first kappa shape index (κ1) is 15.5. The smallest absolute Gasteiger partial charge is 0.422 e. The van der Waals surface area contributed by atoms with Crippen molar-refractivity contribution < 1.29 is 9.53 Å². The van der Waals surface area contributed by atoms with Crippen LogP contribution in [0.5, 0.6) is 0 Å². The van der Waals surface area contributed by atoms with Gasteiger partial charge < -0.3 is 4.74 Å². The molecular weight excluding hydrogens is 240 g/mol. The Bertz CT molecular complexity index is 407. The van der Waals surface area contributed by atoms with Crippen molar-refractivity contribution in [2.24, 2.45) is 0 Å². The molecule has 4 heteroatoms. The van der Waals surface area contributed by atoms with Crippen molar-refractivity contribution >= 4 is 6.09 Å². The standard InChI is InChI=1S/C15H24N2O2/c1-6-13(12-9-7-11(2)8-10-12)16-17-14(18)19-15(3,4)5/h7-10,13,16H,6H2,1-5H3,(H,17,18). The number of ether oxygens (including phenoxy) is 1. The van der Waals surface area contributed by atoms with Gasteiger partial charge >= 0.3 is 6.09 Å². The highest BCUT2D eigenvalue weighted by molar-refractivity contribution is 5.67. The maximum absolute atomic E-state index is 11.6. The molecule has 4 nitrogen and oxygen atoms in total. The predicted molar refractivity (Wildman–Crippen MR) is 76.7 cm³/mol. The SMILES string of the molecule is CCC(NNC(=O)OC(C)(C)C)c1ccc(C)cc1. The number of hydrazine groups is 1. The fraction of sp³-hybridized carbons (Fsp3) is 0.533. The minimum absolute atomic E-state index is 0.0770. The Kier molecular flexibility index (Phi) is 5.36. The summed E-state index contributed by atoms with van der Waals surface area (Å²) in [5, 5.41) is 0. The molecule has 0 heterocycles. The van der Waals surface area contributed by atoms with E-state index in [0.29, 0.717) is 0 Å². The van der Waals surface area contributed by atoms with Gasteiger partial charge in [0.25, 0.3) is 0 Å². The first-order chi connectivity index (χ1) is 8.81. The van der Waals surface area contributed by atoms with Crippen LogP contribution < -0.4 is 10.9 Å². The van der Waals surface area contributed by atoms with Crippen LogP contribution in [0.3, 0.4) is 0 Å². The predicted octanol–water partition coefficient (Wildman–Crippen LogP) is 3.48. The molecule has 1 aromatic rings. The number of hydrogen-bond acceptors (Lipinski definition) is 3. The first-order valence-corrected chi connectivity index (χ1v) is 6.63. The molecule has 1 rings (SSSR count). The second kappa shape index (κ2) is 6.57. The fourth-order valence-electron chi connectivity index (χ4n) is 1.67. The number of nitrogens with one attached hydrogen (secondary N) is 2. The molecule has 0 fully saturated rings. The summed E-state index contributed by atoms with van der Waals surface area (Å²) >= 11 is 0. The van der Waals surface area contributed by atoms with Crippen LogP contribution in [0.2, 0.25) is 0 Å². The van der Waals surface area contributed by atoms with Crippen molar-refractivity contribution in [3.8, 4) is 0 Å². The van der Waals surface area contributed by atoms with Crippen molar-refractivity contribution in [1.82, 2.24) is 10.9 Å². The number of carbonyl (C=O) groups is 1. The summed E-state index contributed by atoms with van der Waals surface area (Å²) in [6.45, 7) is 9.63. The maximum Gasteiger partial charge on any atom is 0.422 e. The Morgan fingerprint density at radius 1 is 1.26 bits per heavy atom. The van der Waals surface area contributed by atoms with Gasteiger partial charge in [-0.15, -0.1) is 0 Å². The lowest BCUT2D eigenvalue weighted by atomic mass is 10.0. The van der Waals surface area contributed by atoms with Crippen LogP contribution in [0.25, 0.3) is 0 Å². The second-order valence-corrected chi connectivity index (χ2v) is 5.64. The molecule has 2 N–H and O–H groups in total. The number of aryl methyl sites for hydroxylation is 1. The van der Waals surface area contributed by atoms with Gasteiger partial charge in [0.05, 0.1) is 6.04 Å². The zero-order valence-corrected chi connectivity index (χ0v) is 12.4. The lowest BCUT2D eigenvalue weighted by molar-refractivity contribution is 0.0487. The second-order valence-electron chi connectivity index (χ2n) is 5.64. The summed E-state index contributed by atoms with van der Waals surface area (Å²) in [6, 6.07) is 8.33. The van der Waals surface area contributed by atoms with E-state index in [4.69, 9.17) is 4.74 Å². The number of amides is 1. The maximum atomic E-state index is 11.6. The Balaban J connectivity index is 2.54. The molecule has 0 aromatic heterocycles. The van der Waals surface area contributed by atoms with Gasteiger partial charge in [-0.2, -0.15) is 0 Å². The van der Waals surface area contributed by atoms with Crippen LogP contribution in [0.15, 0.2) is 24.3 Å². The molecule has 0 aliphatic carbocycles. The molecule has 19 heavy (non-hydrogen) atoms. The third-order valence-electron chi connectivity index (χ3n) is 2.64. The first-order valence-electron chi connectivity index (χ1n) is 6.63. The normalized spacial score (nSPS) is 12.9. The average molecular weight is 264 g/mol. The summed E-state index contributed by atoms with van der Waals surface area (Å²) in [5.74, 6) is 0. The molecule has 0 aliphatic heterocycles. The molecule has 0 bridgehead atoms. The average Bonchev–Trinajstić information content (AvgIpc) is 2.29. The van der Waals surface area contributed by atoms with Gasteiger partial charge in [-0.1, -0.05) is 36.8 Å². The Labute approximate surface area is 115 Å². The van der Waals surface area contributed by atoms with E-state index in [0.717, 1.165) is 12.0 Å². The van der Waals surface area contributed by atoms with Gasteiger partial charge in [0.2, 0.25) is 0 Å². The number of benzene rings is 1. The van der Waals surface area contributed by atoms with Crippen LogP contribution in [0, 0.1) is 6.92 Å². The van der Waals surface area contributed by atoms with Gasteiger partial charge in [0, 0.05) is 0 Å². The zero-order chi connectivity index (χ0) is 14.5. The van der Waals surface area contributed by atoms with E-state index in [1.807, 2.05) is 20.8 Å². The molecule has 106 valence electrons. The van der Waals surface area contributed by atoms with E-state index in [2.05, 4.69) is 49.0 Å². The van der Waals surface area contributed by atoms with Gasteiger partial charge in [0.15, 0.2) is 0 Å². The highest BCUT2D eigenvalue weighted by atomic mass is 16.6. The summed E-state index contributed by atoms with van der Waals surface area (Å²) in [4.78, 5) is 11.6. The monoisotopic (exact) mass is 264 g/mol. The van der Waals surface area contributed by atoms with Crippen LogP contribution in [0.4, 0.5) is 4.79 Å². The lowest BCUT2D eigenvalue weighted by Gasteiger charge is -2.22. The Morgan fingerprint density at radius 2 is 1.84 bits per heavy atom. The number of rotatable bonds is 4. The molecule has 0 saturated carbocycles. The van der Waals surface area contributed by atoms with Crippen molar-refractivity contribution in [2.75, 3.05) is 0 Å². The summed E-state index contributed by atoms with van der Waals surface area (Å²) in [7, 11) is 0. The van der Waals surface area contributed by atoms with E-state index in [-0.39, 0.29) is 6.04 Å². The van der Waals surface area contributed by atoms with E-state index in [1.165, 1.54) is 5.56 Å². The Morgan fingerprint density at radius 3 is 2.32 bits per heavy atom. The summed E-state index contributed by atoms with van der Waals surface area (Å²) < 4.78 is 5.18. The molecule has 0 saturated heterocycles. The molecular formula is C15H24N2O2. The topological polar surface area (TPSA) is 50.4 Å². The quantitative estimate of drug-likeness (QED) is 0.819. The third-order valence-corrected chi connectivity index (χ3v) is 2.64. The number of carbonyl (C=O) groups excluding carboxylic acids is 1. The van der Waals surface area contributed by atoms with Crippen molar-refractivity contribution in [3.05, 3.63) is 35.4 Å². The summed E-state index contributed by atoms with van der Waals surface area (Å²) in [5.41, 5.74) is 7.47. The van der Waals surface area contributed by atoms with Gasteiger partial charge in [-0.3, -0.25) is 5.43 Å². The molecule has 1 aromatic carbocycles. The van der Waals surface area contributed by atoms with E-state index < -0.39 is 11.7 Å². The highest BCUT2D eigenvalue weighted by Gasteiger charge is 2.17. The van der Waals surface area contributed by atoms with Crippen LogP contribution in [0.1, 0.15) is 51.3 Å². The molecule has 0 aliphatic rings. The van der Waals surface area contributed by atoms with E-state index in [9.17, 15) is 4.79 Å². The summed E-state index contributed by atoms with van der Waals surface area (Å²) in [6.07, 6.45) is 0.414. The lowest BCUT2D eigenvalue weighted by Crippen LogP contribution is -2.42. The number of hydrogen-bond donors (Lipinski definition) is 2. The minimum Gasteiger partial charge on any atom is -0.443 e. The largest absolute Gasteiger partial charge is 0.443 e. The molecule has 0 spiro atoms. The highest BCUT2D eigenvalue weighted by Crippen LogP contribution is 2.16. The van der Waals surface area contributed by atoms with Crippen LogP contribution in [-0.2, 0) is 4.74 Å². The van der Waals surface area contributed by atoms with Crippen LogP contribution >= 0.6 is 0 Å². The van der Waals surface area contributed by atoms with Gasteiger partial charge in [-0.05, 0) is 39.7 Å². The van der Waals surface area contributed by atoms with Crippen LogP contribution in [-0.4, -0.2) is 11.7 Å².